The Hall–Kier alpha value is -3.98. The number of nitrogens with zero attached hydrogens (tertiary/aromatic N) is 2. The number of aromatic nitrogens is 2. The summed E-state index contributed by atoms with van der Waals surface area (Å²) in [5, 5.41) is 8.00. The van der Waals surface area contributed by atoms with Gasteiger partial charge in [0.1, 0.15) is 12.4 Å². The third-order valence-corrected chi connectivity index (χ3v) is 3.74. The van der Waals surface area contributed by atoms with Gasteiger partial charge in [0.05, 0.1) is 19.6 Å². The molecule has 1 amide bonds. The number of anilines is 5. The smallest absolute Gasteiger partial charge is 0.247 e. The molecule has 0 aliphatic heterocycles. The van der Waals surface area contributed by atoms with Crippen LogP contribution in [0.25, 0.3) is 0 Å². The summed E-state index contributed by atoms with van der Waals surface area (Å²) in [5.41, 5.74) is 0.827. The minimum atomic E-state index is -2.48. The van der Waals surface area contributed by atoms with Crippen molar-refractivity contribution in [1.82, 2.24) is 9.97 Å². The van der Waals surface area contributed by atoms with Crippen molar-refractivity contribution in [3.05, 3.63) is 73.2 Å². The van der Waals surface area contributed by atoms with Crippen molar-refractivity contribution in [3.63, 3.8) is 0 Å². The molecular formula is C22H22FN5O3. The van der Waals surface area contributed by atoms with E-state index in [0.29, 0.717) is 11.4 Å². The van der Waals surface area contributed by atoms with Gasteiger partial charge in [-0.05, 0) is 48.5 Å². The molecule has 31 heavy (non-hydrogen) atoms. The van der Waals surface area contributed by atoms with Gasteiger partial charge in [-0.2, -0.15) is 4.98 Å². The van der Waals surface area contributed by atoms with E-state index in [9.17, 15) is 9.18 Å². The molecule has 8 nitrogen and oxygen atoms in total. The molecule has 160 valence electrons. The van der Waals surface area contributed by atoms with Gasteiger partial charge in [-0.1, -0.05) is 12.6 Å². The van der Waals surface area contributed by atoms with Gasteiger partial charge >= 0.3 is 0 Å². The van der Waals surface area contributed by atoms with E-state index in [0.717, 1.165) is 6.08 Å². The standard InChI is InChI=1S/C22H22FN5O3/c1-3-20(29)25-16-5-4-6-17(13-16)26-21-19(23)14-24-22(28-21)27-15-7-9-18(10-8-15)31-12-11-30-2/h3-10,13-14H,1,11-12H2,2H3,(H,25,29)(H2,24,26,27,28)/i2D3,13D,14D. The molecule has 0 radical (unpaired) electrons. The van der Waals surface area contributed by atoms with E-state index in [4.69, 9.17) is 11.6 Å². The maximum absolute atomic E-state index is 14.6. The zero-order valence-corrected chi connectivity index (χ0v) is 16.2. The molecule has 0 atom stereocenters. The first-order valence-electron chi connectivity index (χ1n) is 11.5. The van der Waals surface area contributed by atoms with Crippen LogP contribution in [0.4, 0.5) is 33.2 Å². The van der Waals surface area contributed by atoms with Gasteiger partial charge in [-0.15, -0.1) is 0 Å². The topological polar surface area (TPSA) is 97.4 Å². The molecule has 0 saturated carbocycles. The number of benzene rings is 2. The second-order valence-electron chi connectivity index (χ2n) is 5.96. The van der Waals surface area contributed by atoms with Gasteiger partial charge in [0, 0.05) is 24.1 Å². The summed E-state index contributed by atoms with van der Waals surface area (Å²) in [7, 11) is -2.48. The van der Waals surface area contributed by atoms with Crippen LogP contribution in [0.2, 0.25) is 0 Å². The van der Waals surface area contributed by atoms with Crippen LogP contribution in [0.3, 0.4) is 0 Å². The fraction of sp³-hybridized carbons (Fsp3) is 0.136. The van der Waals surface area contributed by atoms with Gasteiger partial charge in [0.15, 0.2) is 11.6 Å². The first kappa shape index (κ1) is 15.8. The van der Waals surface area contributed by atoms with E-state index in [2.05, 4.69) is 37.2 Å². The van der Waals surface area contributed by atoms with E-state index in [1.807, 2.05) is 0 Å². The Balaban J connectivity index is 1.71. The van der Waals surface area contributed by atoms with Crippen molar-refractivity contribution in [2.45, 2.75) is 0 Å². The summed E-state index contributed by atoms with van der Waals surface area (Å²) in [5.74, 6) is -1.49. The molecule has 9 heteroatoms. The molecule has 0 aliphatic carbocycles. The lowest BCUT2D eigenvalue weighted by molar-refractivity contribution is -0.111. The Labute approximate surface area is 186 Å². The Morgan fingerprint density at radius 1 is 1.19 bits per heavy atom. The van der Waals surface area contributed by atoms with Gasteiger partial charge in [-0.25, -0.2) is 9.37 Å². The molecule has 3 rings (SSSR count). The lowest BCUT2D eigenvalue weighted by Crippen LogP contribution is -2.07. The monoisotopic (exact) mass is 428 g/mol. The van der Waals surface area contributed by atoms with Gasteiger partial charge in [0.2, 0.25) is 11.9 Å². The number of nitrogens with one attached hydrogen (secondary N) is 3. The van der Waals surface area contributed by atoms with E-state index >= 15 is 0 Å². The van der Waals surface area contributed by atoms with Crippen molar-refractivity contribution in [1.29, 1.82) is 0 Å². The number of carbonyl (C=O) groups is 1. The molecule has 0 spiro atoms. The molecule has 0 saturated heterocycles. The molecule has 1 aromatic heterocycles. The van der Waals surface area contributed by atoms with E-state index in [1.54, 1.807) is 30.3 Å². The molecule has 0 fully saturated rings. The van der Waals surface area contributed by atoms with Crippen LogP contribution in [-0.4, -0.2) is 36.1 Å². The van der Waals surface area contributed by atoms with Crippen LogP contribution in [0.1, 0.15) is 6.85 Å². The molecule has 2 aromatic carbocycles. The van der Waals surface area contributed by atoms with Crippen LogP contribution >= 0.6 is 0 Å². The van der Waals surface area contributed by atoms with Crippen molar-refractivity contribution in [2.24, 2.45) is 0 Å². The number of hydrogen-bond acceptors (Lipinski definition) is 7. The molecular weight excluding hydrogens is 401 g/mol. The van der Waals surface area contributed by atoms with E-state index < -0.39 is 24.9 Å². The molecule has 0 aliphatic rings. The van der Waals surface area contributed by atoms with Gasteiger partial charge < -0.3 is 25.4 Å². The summed E-state index contributed by atoms with van der Waals surface area (Å²) < 4.78 is 61.6. The van der Waals surface area contributed by atoms with Crippen LogP contribution in [0.5, 0.6) is 5.75 Å². The van der Waals surface area contributed by atoms with Crippen LogP contribution in [-0.2, 0) is 9.53 Å². The highest BCUT2D eigenvalue weighted by Crippen LogP contribution is 2.23. The third kappa shape index (κ3) is 6.51. The second-order valence-corrected chi connectivity index (χ2v) is 5.96. The normalized spacial score (nSPS) is 13.0. The summed E-state index contributed by atoms with van der Waals surface area (Å²) >= 11 is 0. The number of rotatable bonds is 10. The van der Waals surface area contributed by atoms with Gasteiger partial charge in [-0.3, -0.25) is 4.79 Å². The molecule has 1 heterocycles. The molecule has 0 unspecified atom stereocenters. The predicted molar refractivity (Wildman–Crippen MR) is 118 cm³/mol. The van der Waals surface area contributed by atoms with E-state index in [1.165, 1.54) is 12.1 Å². The van der Waals surface area contributed by atoms with E-state index in [-0.39, 0.29) is 42.4 Å². The predicted octanol–water partition coefficient (Wildman–Crippen LogP) is 4.25. The minimum absolute atomic E-state index is 0.0416. The van der Waals surface area contributed by atoms with Crippen molar-refractivity contribution >= 4 is 34.7 Å². The quantitative estimate of drug-likeness (QED) is 0.328. The number of carbonyl (C=O) groups excluding carboxylic acids is 1. The number of amides is 1. The average molecular weight is 428 g/mol. The highest BCUT2D eigenvalue weighted by Gasteiger charge is 2.09. The lowest BCUT2D eigenvalue weighted by Gasteiger charge is -2.11. The number of hydrogen-bond donors (Lipinski definition) is 3. The summed E-state index contributed by atoms with van der Waals surface area (Å²) in [6.45, 7) is 3.29. The number of methoxy groups -OCH3 is 1. The first-order chi connectivity index (χ1) is 17.1. The highest BCUT2D eigenvalue weighted by atomic mass is 19.1. The van der Waals surface area contributed by atoms with Crippen LogP contribution < -0.4 is 20.7 Å². The highest BCUT2D eigenvalue weighted by molar-refractivity contribution is 5.99. The minimum Gasteiger partial charge on any atom is -0.491 e. The third-order valence-electron chi connectivity index (χ3n) is 3.74. The van der Waals surface area contributed by atoms with Crippen LogP contribution in [0, 0.1) is 5.82 Å². The zero-order chi connectivity index (χ0) is 26.3. The molecule has 3 N–H and O–H groups in total. The Bertz CT molecular complexity index is 1240. The Kier molecular flexibility index (Phi) is 5.45. The Morgan fingerprint density at radius 2 is 2.00 bits per heavy atom. The second kappa shape index (κ2) is 10.7. The maximum Gasteiger partial charge on any atom is 0.247 e. The fourth-order valence-electron chi connectivity index (χ4n) is 2.36. The molecule has 0 bridgehead atoms. The first-order valence-corrected chi connectivity index (χ1v) is 9.04. The number of halogens is 1. The van der Waals surface area contributed by atoms with Crippen molar-refractivity contribution in [3.8, 4) is 5.75 Å². The summed E-state index contributed by atoms with van der Waals surface area (Å²) in [4.78, 5) is 19.4. The Morgan fingerprint density at radius 3 is 2.77 bits per heavy atom. The van der Waals surface area contributed by atoms with Crippen molar-refractivity contribution in [2.75, 3.05) is 36.2 Å². The number of ether oxygens (including phenoxy) is 2. The van der Waals surface area contributed by atoms with Gasteiger partial charge in [0.25, 0.3) is 0 Å². The lowest BCUT2D eigenvalue weighted by atomic mass is 10.2. The summed E-state index contributed by atoms with van der Waals surface area (Å²) in [6, 6.07) is 10.9. The largest absolute Gasteiger partial charge is 0.491 e. The fourth-order valence-corrected chi connectivity index (χ4v) is 2.36. The van der Waals surface area contributed by atoms with Crippen molar-refractivity contribution < 1.29 is 25.5 Å². The zero-order valence-electron chi connectivity index (χ0n) is 21.2. The SMILES string of the molecule is [2H]c1nc(Nc2ccc(OCCOC([2H])([2H])[2H])cc2)nc(Nc2cccc(NC(=O)C=C)c2[2H])c1F. The molecule has 3 aromatic rings. The van der Waals surface area contributed by atoms with Crippen LogP contribution in [0.15, 0.2) is 67.3 Å². The summed E-state index contributed by atoms with van der Waals surface area (Å²) in [6.07, 6.45) is 0.383. The maximum atomic E-state index is 14.6. The average Bonchev–Trinajstić information content (AvgIpc) is 2.82.